The standard InChI is InChI=1S/C13H17FN2O2/c1-16-6-7-18-9-12(16)13(17)15-8-10-4-2-3-5-11(10)14/h2-5,12H,6-9H2,1H3,(H,15,17). The maximum Gasteiger partial charge on any atom is 0.240 e. The average Bonchev–Trinajstić information content (AvgIpc) is 2.38. The molecular formula is C13H17FN2O2. The number of carbonyl (C=O) groups excluding carboxylic acids is 1. The molecule has 0 radical (unpaired) electrons. The summed E-state index contributed by atoms with van der Waals surface area (Å²) in [5, 5.41) is 2.74. The van der Waals surface area contributed by atoms with Crippen LogP contribution in [0.4, 0.5) is 4.39 Å². The first kappa shape index (κ1) is 13.0. The minimum absolute atomic E-state index is 0.125. The summed E-state index contributed by atoms with van der Waals surface area (Å²) >= 11 is 0. The van der Waals surface area contributed by atoms with E-state index in [2.05, 4.69) is 5.32 Å². The van der Waals surface area contributed by atoms with Gasteiger partial charge in [-0.05, 0) is 13.1 Å². The number of halogens is 1. The van der Waals surface area contributed by atoms with Crippen LogP contribution >= 0.6 is 0 Å². The molecule has 0 spiro atoms. The lowest BCUT2D eigenvalue weighted by Gasteiger charge is -2.31. The van der Waals surface area contributed by atoms with Gasteiger partial charge in [0, 0.05) is 18.7 Å². The van der Waals surface area contributed by atoms with Crippen LogP contribution in [0.2, 0.25) is 0 Å². The van der Waals surface area contributed by atoms with Gasteiger partial charge >= 0.3 is 0 Å². The Kier molecular flexibility index (Phi) is 4.28. The lowest BCUT2D eigenvalue weighted by atomic mass is 10.2. The summed E-state index contributed by atoms with van der Waals surface area (Å²) < 4.78 is 18.6. The van der Waals surface area contributed by atoms with Crippen molar-refractivity contribution in [3.8, 4) is 0 Å². The minimum Gasteiger partial charge on any atom is -0.378 e. The van der Waals surface area contributed by atoms with Crippen molar-refractivity contribution in [1.29, 1.82) is 0 Å². The molecule has 1 amide bonds. The first-order valence-corrected chi connectivity index (χ1v) is 5.97. The molecule has 2 rings (SSSR count). The molecular weight excluding hydrogens is 235 g/mol. The number of ether oxygens (including phenoxy) is 1. The van der Waals surface area contributed by atoms with Crippen LogP contribution in [0.25, 0.3) is 0 Å². The van der Waals surface area contributed by atoms with Crippen LogP contribution in [0.5, 0.6) is 0 Å². The van der Waals surface area contributed by atoms with Crippen LogP contribution in [0, 0.1) is 5.82 Å². The number of likely N-dealkylation sites (N-methyl/N-ethyl adjacent to an activating group) is 1. The molecule has 0 aliphatic carbocycles. The molecule has 1 N–H and O–H groups in total. The molecule has 1 aliphatic heterocycles. The molecule has 1 heterocycles. The smallest absolute Gasteiger partial charge is 0.240 e. The van der Waals surface area contributed by atoms with Gasteiger partial charge in [0.1, 0.15) is 11.9 Å². The largest absolute Gasteiger partial charge is 0.378 e. The van der Waals surface area contributed by atoms with Crippen LogP contribution in [-0.2, 0) is 16.1 Å². The Morgan fingerprint density at radius 2 is 2.33 bits per heavy atom. The van der Waals surface area contributed by atoms with E-state index in [4.69, 9.17) is 4.74 Å². The highest BCUT2D eigenvalue weighted by Crippen LogP contribution is 2.07. The summed E-state index contributed by atoms with van der Waals surface area (Å²) in [5.41, 5.74) is 0.491. The number of rotatable bonds is 3. The van der Waals surface area contributed by atoms with Gasteiger partial charge in [-0.1, -0.05) is 18.2 Å². The highest BCUT2D eigenvalue weighted by atomic mass is 19.1. The molecule has 1 aromatic rings. The Morgan fingerprint density at radius 3 is 3.06 bits per heavy atom. The van der Waals surface area contributed by atoms with Gasteiger partial charge in [0.2, 0.25) is 5.91 Å². The fourth-order valence-corrected chi connectivity index (χ4v) is 1.90. The third kappa shape index (κ3) is 3.05. The van der Waals surface area contributed by atoms with Crippen molar-refractivity contribution in [3.63, 3.8) is 0 Å². The van der Waals surface area contributed by atoms with E-state index in [1.807, 2.05) is 11.9 Å². The fourth-order valence-electron chi connectivity index (χ4n) is 1.90. The second-order valence-corrected chi connectivity index (χ2v) is 4.38. The van der Waals surface area contributed by atoms with Gasteiger partial charge in [0.25, 0.3) is 0 Å². The van der Waals surface area contributed by atoms with E-state index >= 15 is 0 Å². The normalized spacial score (nSPS) is 20.7. The summed E-state index contributed by atoms with van der Waals surface area (Å²) in [7, 11) is 1.88. The fraction of sp³-hybridized carbons (Fsp3) is 0.462. The number of morpholine rings is 1. The second kappa shape index (κ2) is 5.93. The Morgan fingerprint density at radius 1 is 1.56 bits per heavy atom. The van der Waals surface area contributed by atoms with Gasteiger partial charge in [0.15, 0.2) is 0 Å². The van der Waals surface area contributed by atoms with E-state index in [-0.39, 0.29) is 24.3 Å². The molecule has 18 heavy (non-hydrogen) atoms. The van der Waals surface area contributed by atoms with Crippen molar-refractivity contribution in [2.75, 3.05) is 26.8 Å². The zero-order valence-corrected chi connectivity index (χ0v) is 10.4. The number of benzene rings is 1. The predicted molar refractivity (Wildman–Crippen MR) is 65.5 cm³/mol. The zero-order valence-electron chi connectivity index (χ0n) is 10.4. The molecule has 0 saturated carbocycles. The number of hydrogen-bond acceptors (Lipinski definition) is 3. The van der Waals surface area contributed by atoms with Crippen LogP contribution in [0.3, 0.4) is 0 Å². The summed E-state index contributed by atoms with van der Waals surface area (Å²) in [6.45, 7) is 1.97. The number of nitrogens with one attached hydrogen (secondary N) is 1. The first-order chi connectivity index (χ1) is 8.68. The quantitative estimate of drug-likeness (QED) is 0.864. The van der Waals surface area contributed by atoms with E-state index in [0.717, 1.165) is 6.54 Å². The molecule has 0 aromatic heterocycles. The Hall–Kier alpha value is -1.46. The van der Waals surface area contributed by atoms with Gasteiger partial charge in [-0.25, -0.2) is 4.39 Å². The monoisotopic (exact) mass is 252 g/mol. The Bertz CT molecular complexity index is 425. The molecule has 1 atom stereocenters. The molecule has 98 valence electrons. The maximum absolute atomic E-state index is 13.4. The summed E-state index contributed by atoms with van der Waals surface area (Å²) in [6, 6.07) is 6.14. The van der Waals surface area contributed by atoms with Crippen LogP contribution in [0.1, 0.15) is 5.56 Å². The van der Waals surface area contributed by atoms with Crippen LogP contribution in [-0.4, -0.2) is 43.7 Å². The number of amides is 1. The van der Waals surface area contributed by atoms with E-state index in [9.17, 15) is 9.18 Å². The minimum atomic E-state index is -0.300. The zero-order chi connectivity index (χ0) is 13.0. The lowest BCUT2D eigenvalue weighted by Crippen LogP contribution is -2.51. The highest BCUT2D eigenvalue weighted by Gasteiger charge is 2.26. The molecule has 1 saturated heterocycles. The molecule has 5 heteroatoms. The molecule has 1 unspecified atom stereocenters. The Balaban J connectivity index is 1.90. The molecule has 1 aromatic carbocycles. The van der Waals surface area contributed by atoms with E-state index in [1.54, 1.807) is 18.2 Å². The predicted octanol–water partition coefficient (Wildman–Crippen LogP) is 0.772. The molecule has 1 fully saturated rings. The van der Waals surface area contributed by atoms with Gasteiger partial charge < -0.3 is 10.1 Å². The van der Waals surface area contributed by atoms with E-state index < -0.39 is 0 Å². The van der Waals surface area contributed by atoms with Crippen LogP contribution < -0.4 is 5.32 Å². The highest BCUT2D eigenvalue weighted by molar-refractivity contribution is 5.81. The third-order valence-corrected chi connectivity index (χ3v) is 3.11. The van der Waals surface area contributed by atoms with Crippen LogP contribution in [0.15, 0.2) is 24.3 Å². The topological polar surface area (TPSA) is 41.6 Å². The second-order valence-electron chi connectivity index (χ2n) is 4.38. The molecule has 0 bridgehead atoms. The number of nitrogens with zero attached hydrogens (tertiary/aromatic N) is 1. The Labute approximate surface area is 106 Å². The number of hydrogen-bond donors (Lipinski definition) is 1. The van der Waals surface area contributed by atoms with Crippen molar-refractivity contribution in [2.45, 2.75) is 12.6 Å². The number of carbonyl (C=O) groups is 1. The van der Waals surface area contributed by atoms with E-state index in [0.29, 0.717) is 18.8 Å². The van der Waals surface area contributed by atoms with Gasteiger partial charge in [-0.3, -0.25) is 9.69 Å². The maximum atomic E-state index is 13.4. The summed E-state index contributed by atoms with van der Waals surface area (Å²) in [6.07, 6.45) is 0. The van der Waals surface area contributed by atoms with Crippen molar-refractivity contribution in [2.24, 2.45) is 0 Å². The van der Waals surface area contributed by atoms with Gasteiger partial charge in [0.05, 0.1) is 13.2 Å². The molecule has 1 aliphatic rings. The van der Waals surface area contributed by atoms with Crippen molar-refractivity contribution < 1.29 is 13.9 Å². The van der Waals surface area contributed by atoms with Crippen molar-refractivity contribution >= 4 is 5.91 Å². The summed E-state index contributed by atoms with van der Waals surface area (Å²) in [4.78, 5) is 13.9. The third-order valence-electron chi connectivity index (χ3n) is 3.11. The first-order valence-electron chi connectivity index (χ1n) is 5.97. The lowest BCUT2D eigenvalue weighted by molar-refractivity contribution is -0.131. The van der Waals surface area contributed by atoms with Gasteiger partial charge in [-0.15, -0.1) is 0 Å². The van der Waals surface area contributed by atoms with E-state index in [1.165, 1.54) is 6.07 Å². The summed E-state index contributed by atoms with van der Waals surface area (Å²) in [5.74, 6) is -0.425. The SMILES string of the molecule is CN1CCOCC1C(=O)NCc1ccccc1F. The van der Waals surface area contributed by atoms with Crippen molar-refractivity contribution in [3.05, 3.63) is 35.6 Å². The molecule has 4 nitrogen and oxygen atoms in total. The van der Waals surface area contributed by atoms with Gasteiger partial charge in [-0.2, -0.15) is 0 Å². The van der Waals surface area contributed by atoms with Crippen molar-refractivity contribution in [1.82, 2.24) is 10.2 Å². The average molecular weight is 252 g/mol.